The highest BCUT2D eigenvalue weighted by molar-refractivity contribution is 7.22. The number of nitrogens with zero attached hydrogens (tertiary/aromatic N) is 1. The zero-order valence-corrected chi connectivity index (χ0v) is 11.6. The van der Waals surface area contributed by atoms with E-state index >= 15 is 0 Å². The molecule has 0 unspecified atom stereocenters. The smallest absolute Gasteiger partial charge is 0.188 e. The van der Waals surface area contributed by atoms with Crippen LogP contribution in [0.15, 0.2) is 36.4 Å². The first-order chi connectivity index (χ1) is 9.11. The van der Waals surface area contributed by atoms with Gasteiger partial charge in [-0.3, -0.25) is 0 Å². The van der Waals surface area contributed by atoms with Crippen molar-refractivity contribution in [1.29, 1.82) is 0 Å². The van der Waals surface area contributed by atoms with E-state index in [2.05, 4.69) is 10.3 Å². The minimum Gasteiger partial charge on any atom is -0.331 e. The van der Waals surface area contributed by atoms with E-state index in [0.29, 0.717) is 5.02 Å². The fourth-order valence-corrected chi connectivity index (χ4v) is 2.84. The average Bonchev–Trinajstić information content (AvgIpc) is 2.75. The second-order valence-electron chi connectivity index (χ2n) is 4.22. The highest BCUT2D eigenvalue weighted by Crippen LogP contribution is 2.30. The Morgan fingerprint density at radius 1 is 1.21 bits per heavy atom. The molecule has 5 heteroatoms. The molecule has 0 fully saturated rings. The van der Waals surface area contributed by atoms with Crippen LogP contribution in [0.2, 0.25) is 5.02 Å². The summed E-state index contributed by atoms with van der Waals surface area (Å²) in [6.07, 6.45) is 0. The van der Waals surface area contributed by atoms with Gasteiger partial charge in [0.15, 0.2) is 5.13 Å². The van der Waals surface area contributed by atoms with Crippen LogP contribution in [0.5, 0.6) is 0 Å². The maximum absolute atomic E-state index is 13.1. The summed E-state index contributed by atoms with van der Waals surface area (Å²) >= 11 is 7.48. The number of fused-ring (bicyclic) bond motifs is 1. The maximum Gasteiger partial charge on any atom is 0.188 e. The molecule has 1 N–H and O–H groups in total. The fraction of sp³-hybridized carbons (Fsp3) is 0.0714. The van der Waals surface area contributed by atoms with E-state index in [0.717, 1.165) is 26.6 Å². The first kappa shape index (κ1) is 12.4. The van der Waals surface area contributed by atoms with Gasteiger partial charge in [-0.15, -0.1) is 0 Å². The summed E-state index contributed by atoms with van der Waals surface area (Å²) < 4.78 is 13.9. The molecule has 19 heavy (non-hydrogen) atoms. The Balaban J connectivity index is 1.94. The molecule has 0 aliphatic rings. The van der Waals surface area contributed by atoms with Gasteiger partial charge >= 0.3 is 0 Å². The molecule has 1 heterocycles. The van der Waals surface area contributed by atoms with Crippen LogP contribution in [0.25, 0.3) is 10.2 Å². The number of hydrogen-bond donors (Lipinski definition) is 1. The normalized spacial score (nSPS) is 10.9. The lowest BCUT2D eigenvalue weighted by Crippen LogP contribution is -1.89. The zero-order chi connectivity index (χ0) is 13.4. The van der Waals surface area contributed by atoms with Crippen molar-refractivity contribution in [2.75, 3.05) is 5.32 Å². The minimum absolute atomic E-state index is 0.249. The number of nitrogens with one attached hydrogen (secondary N) is 1. The van der Waals surface area contributed by atoms with Gasteiger partial charge in [0.25, 0.3) is 0 Å². The number of thiazole rings is 1. The first-order valence-corrected chi connectivity index (χ1v) is 6.90. The SMILES string of the molecule is Cc1ccc(Nc2nc3ccc(F)cc3s2)cc1Cl. The van der Waals surface area contributed by atoms with E-state index in [1.807, 2.05) is 25.1 Å². The van der Waals surface area contributed by atoms with E-state index in [4.69, 9.17) is 11.6 Å². The number of aromatic nitrogens is 1. The average molecular weight is 293 g/mol. The first-order valence-electron chi connectivity index (χ1n) is 5.71. The Labute approximate surface area is 118 Å². The summed E-state index contributed by atoms with van der Waals surface area (Å²) in [6.45, 7) is 1.95. The molecule has 0 aliphatic heterocycles. The molecule has 0 radical (unpaired) electrons. The number of hydrogen-bond acceptors (Lipinski definition) is 3. The molecule has 0 saturated carbocycles. The fourth-order valence-electron chi connectivity index (χ4n) is 1.75. The van der Waals surface area contributed by atoms with Gasteiger partial charge in [-0.2, -0.15) is 0 Å². The van der Waals surface area contributed by atoms with Gasteiger partial charge < -0.3 is 5.32 Å². The van der Waals surface area contributed by atoms with Crippen molar-refractivity contribution >= 4 is 44.0 Å². The number of benzene rings is 2. The second-order valence-corrected chi connectivity index (χ2v) is 5.66. The standard InChI is InChI=1S/C14H10ClFN2S/c1-8-2-4-10(7-11(8)15)17-14-18-12-5-3-9(16)6-13(12)19-14/h2-7H,1H3,(H,17,18). The van der Waals surface area contributed by atoms with Gasteiger partial charge in [-0.1, -0.05) is 29.0 Å². The molecule has 96 valence electrons. The molecule has 3 rings (SSSR count). The third kappa shape index (κ3) is 2.55. The topological polar surface area (TPSA) is 24.9 Å². The number of rotatable bonds is 2. The van der Waals surface area contributed by atoms with Crippen molar-refractivity contribution in [3.8, 4) is 0 Å². The molecule has 0 bridgehead atoms. The van der Waals surface area contributed by atoms with Crippen molar-refractivity contribution in [1.82, 2.24) is 4.98 Å². The van der Waals surface area contributed by atoms with E-state index in [-0.39, 0.29) is 5.82 Å². The Bertz CT molecular complexity index is 754. The van der Waals surface area contributed by atoms with Gasteiger partial charge in [0.2, 0.25) is 0 Å². The van der Waals surface area contributed by atoms with E-state index in [9.17, 15) is 4.39 Å². The maximum atomic E-state index is 13.1. The Morgan fingerprint density at radius 2 is 2.05 bits per heavy atom. The van der Waals surface area contributed by atoms with Gasteiger partial charge in [-0.25, -0.2) is 9.37 Å². The number of halogens is 2. The van der Waals surface area contributed by atoms with Gasteiger partial charge in [0.05, 0.1) is 10.2 Å². The summed E-state index contributed by atoms with van der Waals surface area (Å²) in [5.41, 5.74) is 2.68. The second kappa shape index (κ2) is 4.79. The Hall–Kier alpha value is -1.65. The van der Waals surface area contributed by atoms with Crippen LogP contribution in [0.1, 0.15) is 5.56 Å². The lowest BCUT2D eigenvalue weighted by molar-refractivity contribution is 0.630. The molecule has 2 aromatic carbocycles. The summed E-state index contributed by atoms with van der Waals surface area (Å²) in [5.74, 6) is -0.249. The third-order valence-corrected chi connectivity index (χ3v) is 4.11. The Morgan fingerprint density at radius 3 is 2.84 bits per heavy atom. The third-order valence-electron chi connectivity index (χ3n) is 2.77. The molecule has 0 saturated heterocycles. The minimum atomic E-state index is -0.249. The van der Waals surface area contributed by atoms with Crippen LogP contribution in [0.4, 0.5) is 15.2 Å². The molecule has 2 nitrogen and oxygen atoms in total. The molecule has 0 aliphatic carbocycles. The van der Waals surface area contributed by atoms with Crippen molar-refractivity contribution < 1.29 is 4.39 Å². The molecular formula is C14H10ClFN2S. The predicted molar refractivity (Wildman–Crippen MR) is 79.0 cm³/mol. The van der Waals surface area contributed by atoms with Gasteiger partial charge in [0.1, 0.15) is 5.82 Å². The Kier molecular flexibility index (Phi) is 3.12. The van der Waals surface area contributed by atoms with Crippen molar-refractivity contribution in [2.45, 2.75) is 6.92 Å². The number of anilines is 2. The summed E-state index contributed by atoms with van der Waals surface area (Å²) in [6, 6.07) is 10.3. The summed E-state index contributed by atoms with van der Waals surface area (Å²) in [5, 5.41) is 4.61. The highest BCUT2D eigenvalue weighted by atomic mass is 35.5. The number of aryl methyl sites for hydroxylation is 1. The lowest BCUT2D eigenvalue weighted by Gasteiger charge is -2.04. The van der Waals surface area contributed by atoms with Crippen molar-refractivity contribution in [3.63, 3.8) is 0 Å². The molecule has 0 amide bonds. The molecule has 3 aromatic rings. The largest absolute Gasteiger partial charge is 0.331 e. The monoisotopic (exact) mass is 292 g/mol. The van der Waals surface area contributed by atoms with Crippen LogP contribution in [-0.4, -0.2) is 4.98 Å². The van der Waals surface area contributed by atoms with Gasteiger partial charge in [0, 0.05) is 10.7 Å². The van der Waals surface area contributed by atoms with E-state index < -0.39 is 0 Å². The van der Waals surface area contributed by atoms with E-state index in [1.165, 1.54) is 23.5 Å². The van der Waals surface area contributed by atoms with Crippen LogP contribution in [0, 0.1) is 12.7 Å². The van der Waals surface area contributed by atoms with E-state index in [1.54, 1.807) is 6.07 Å². The van der Waals surface area contributed by atoms with Crippen molar-refractivity contribution in [2.24, 2.45) is 0 Å². The van der Waals surface area contributed by atoms with Crippen LogP contribution in [-0.2, 0) is 0 Å². The summed E-state index contributed by atoms with van der Waals surface area (Å²) in [7, 11) is 0. The predicted octanol–water partition coefficient (Wildman–Crippen LogP) is 5.14. The van der Waals surface area contributed by atoms with Crippen LogP contribution < -0.4 is 5.32 Å². The quantitative estimate of drug-likeness (QED) is 0.707. The van der Waals surface area contributed by atoms with Crippen molar-refractivity contribution in [3.05, 3.63) is 52.8 Å². The zero-order valence-electron chi connectivity index (χ0n) is 10.1. The molecule has 1 aromatic heterocycles. The van der Waals surface area contributed by atoms with Crippen LogP contribution in [0.3, 0.4) is 0 Å². The highest BCUT2D eigenvalue weighted by Gasteiger charge is 2.06. The molecular weight excluding hydrogens is 283 g/mol. The molecule has 0 atom stereocenters. The van der Waals surface area contributed by atoms with Crippen LogP contribution >= 0.6 is 22.9 Å². The summed E-state index contributed by atoms with van der Waals surface area (Å²) in [4.78, 5) is 4.40. The lowest BCUT2D eigenvalue weighted by atomic mass is 10.2. The molecule has 0 spiro atoms. The van der Waals surface area contributed by atoms with Gasteiger partial charge in [-0.05, 0) is 42.8 Å².